The van der Waals surface area contributed by atoms with Crippen LogP contribution >= 0.6 is 0 Å². The Labute approximate surface area is 122 Å². The van der Waals surface area contributed by atoms with Gasteiger partial charge in [-0.25, -0.2) is 13.1 Å². The molecule has 0 heterocycles. The summed E-state index contributed by atoms with van der Waals surface area (Å²) in [6.07, 6.45) is 8.41. The van der Waals surface area contributed by atoms with Crippen LogP contribution in [0.5, 0.6) is 0 Å². The van der Waals surface area contributed by atoms with Gasteiger partial charge >= 0.3 is 0 Å². The Balaban J connectivity index is -0.00000162. The zero-order chi connectivity index (χ0) is 14.6. The van der Waals surface area contributed by atoms with Crippen LogP contribution in [0.15, 0.2) is 0 Å². The van der Waals surface area contributed by atoms with Crippen LogP contribution in [0, 0.1) is 0 Å². The summed E-state index contributed by atoms with van der Waals surface area (Å²) in [4.78, 5) is 0. The molecule has 0 amide bonds. The van der Waals surface area contributed by atoms with E-state index in [9.17, 15) is 8.42 Å². The van der Waals surface area contributed by atoms with Crippen LogP contribution in [0.4, 0.5) is 0 Å². The van der Waals surface area contributed by atoms with E-state index in [0.29, 0.717) is 6.54 Å². The van der Waals surface area contributed by atoms with Crippen LogP contribution in [0.2, 0.25) is 0 Å². The molecule has 5 heteroatoms. The van der Waals surface area contributed by atoms with Gasteiger partial charge in [0.1, 0.15) is 0 Å². The topological polar surface area (TPSA) is 58.2 Å². The number of nitrogens with one attached hydrogen (secondary N) is 2. The highest BCUT2D eigenvalue weighted by molar-refractivity contribution is 7.90. The molecule has 120 valence electrons. The van der Waals surface area contributed by atoms with Gasteiger partial charge in [-0.3, -0.25) is 0 Å². The molecule has 0 rings (SSSR count). The van der Waals surface area contributed by atoms with Gasteiger partial charge in [-0.1, -0.05) is 39.0 Å². The van der Waals surface area contributed by atoms with Crippen molar-refractivity contribution in [2.45, 2.75) is 71.0 Å². The van der Waals surface area contributed by atoms with Crippen LogP contribution in [0.1, 0.15) is 68.6 Å². The lowest BCUT2D eigenvalue weighted by atomic mass is 10.1. The molecule has 0 bridgehead atoms. The van der Waals surface area contributed by atoms with E-state index in [2.05, 4.69) is 17.0 Å². The van der Waals surface area contributed by atoms with Crippen molar-refractivity contribution in [2.75, 3.05) is 19.6 Å². The minimum absolute atomic E-state index is 0. The van der Waals surface area contributed by atoms with Crippen molar-refractivity contribution in [3.8, 4) is 0 Å². The van der Waals surface area contributed by atoms with Crippen molar-refractivity contribution in [1.29, 1.82) is 0 Å². The van der Waals surface area contributed by atoms with E-state index >= 15 is 0 Å². The molecule has 0 aromatic rings. The van der Waals surface area contributed by atoms with Crippen LogP contribution in [-0.4, -0.2) is 33.3 Å². The maximum atomic E-state index is 11.5. The van der Waals surface area contributed by atoms with Gasteiger partial charge in [0.05, 0.1) is 5.25 Å². The highest BCUT2D eigenvalue weighted by Crippen LogP contribution is 2.07. The summed E-state index contributed by atoms with van der Waals surface area (Å²) < 4.78 is 25.6. The maximum absolute atomic E-state index is 11.5. The van der Waals surface area contributed by atoms with E-state index in [1.54, 1.807) is 13.8 Å². The van der Waals surface area contributed by atoms with Gasteiger partial charge in [0.2, 0.25) is 10.0 Å². The fourth-order valence-electron chi connectivity index (χ4n) is 1.82. The zero-order valence-corrected chi connectivity index (χ0v) is 13.7. The Hall–Kier alpha value is -0.130. The standard InChI is InChI=1S/C14H32N2O2S.2H2/c1-4-15-12-10-8-6-5-7-9-11-13-16-19(17,18)14(2)3;;/h14-16H,4-13H2,1-3H3;2*1H. The highest BCUT2D eigenvalue weighted by atomic mass is 32.2. The average Bonchev–Trinajstić information content (AvgIpc) is 2.35. The van der Waals surface area contributed by atoms with Crippen molar-refractivity contribution >= 4 is 10.0 Å². The fourth-order valence-corrected chi connectivity index (χ4v) is 2.58. The zero-order valence-electron chi connectivity index (χ0n) is 12.9. The van der Waals surface area contributed by atoms with Crippen LogP contribution in [0.3, 0.4) is 0 Å². The first kappa shape index (κ1) is 18.9. The monoisotopic (exact) mass is 296 g/mol. The second kappa shape index (κ2) is 11.7. The number of unbranched alkanes of at least 4 members (excludes halogenated alkanes) is 6. The van der Waals surface area contributed by atoms with Gasteiger partial charge in [0.25, 0.3) is 0 Å². The molecule has 0 radical (unpaired) electrons. The molecule has 0 saturated carbocycles. The van der Waals surface area contributed by atoms with Crippen molar-refractivity contribution in [3.63, 3.8) is 0 Å². The molecule has 19 heavy (non-hydrogen) atoms. The highest BCUT2D eigenvalue weighted by Gasteiger charge is 2.13. The van der Waals surface area contributed by atoms with Gasteiger partial charge in [0.15, 0.2) is 0 Å². The molecule has 2 N–H and O–H groups in total. The molecule has 0 unspecified atom stereocenters. The molecule has 4 nitrogen and oxygen atoms in total. The number of rotatable bonds is 13. The molecule has 0 fully saturated rings. The van der Waals surface area contributed by atoms with Crippen molar-refractivity contribution < 1.29 is 11.3 Å². The molecule has 0 aliphatic carbocycles. The van der Waals surface area contributed by atoms with Crippen LogP contribution in [-0.2, 0) is 10.0 Å². The van der Waals surface area contributed by atoms with Crippen LogP contribution in [0.25, 0.3) is 0 Å². The van der Waals surface area contributed by atoms with Crippen molar-refractivity contribution in [1.82, 2.24) is 10.0 Å². The Morgan fingerprint density at radius 2 is 1.37 bits per heavy atom. The van der Waals surface area contributed by atoms with E-state index in [4.69, 9.17) is 0 Å². The third-order valence-electron chi connectivity index (χ3n) is 3.20. The summed E-state index contributed by atoms with van der Waals surface area (Å²) in [6.45, 7) is 8.32. The van der Waals surface area contributed by atoms with Gasteiger partial charge in [-0.15, -0.1) is 0 Å². The lowest BCUT2D eigenvalue weighted by Gasteiger charge is -2.09. The van der Waals surface area contributed by atoms with Gasteiger partial charge < -0.3 is 5.32 Å². The third kappa shape index (κ3) is 11.4. The molecular formula is C14H36N2O2S. The van der Waals surface area contributed by atoms with E-state index in [-0.39, 0.29) is 8.10 Å². The summed E-state index contributed by atoms with van der Waals surface area (Å²) in [7, 11) is -3.07. The molecule has 0 spiro atoms. The predicted octanol–water partition coefficient (Wildman–Crippen LogP) is 3.15. The summed E-state index contributed by atoms with van der Waals surface area (Å²) in [5, 5.41) is 3.00. The normalized spacial score (nSPS) is 12.2. The maximum Gasteiger partial charge on any atom is 0.213 e. The first-order chi connectivity index (χ1) is 9.00. The second-order valence-electron chi connectivity index (χ2n) is 5.32. The Kier molecular flexibility index (Phi) is 11.6. The van der Waals surface area contributed by atoms with E-state index < -0.39 is 10.0 Å². The Morgan fingerprint density at radius 3 is 1.84 bits per heavy atom. The summed E-state index contributed by atoms with van der Waals surface area (Å²) in [6, 6.07) is 0. The smallest absolute Gasteiger partial charge is 0.213 e. The van der Waals surface area contributed by atoms with Crippen LogP contribution < -0.4 is 10.0 Å². The Morgan fingerprint density at radius 1 is 0.895 bits per heavy atom. The predicted molar refractivity (Wildman–Crippen MR) is 87.1 cm³/mol. The average molecular weight is 297 g/mol. The SMILES string of the molecule is CCNCCCCCCCCCNS(=O)(=O)C(C)C.[HH].[HH]. The second-order valence-corrected chi connectivity index (χ2v) is 7.64. The van der Waals surface area contributed by atoms with E-state index in [1.165, 1.54) is 32.1 Å². The first-order valence-electron chi connectivity index (χ1n) is 7.70. The molecule has 0 aliphatic heterocycles. The number of hydrogen-bond acceptors (Lipinski definition) is 3. The van der Waals surface area contributed by atoms with Gasteiger partial charge in [-0.05, 0) is 39.8 Å². The third-order valence-corrected chi connectivity index (χ3v) is 5.05. The number of sulfonamides is 1. The Bertz CT molecular complexity index is 299. The van der Waals surface area contributed by atoms with E-state index in [0.717, 1.165) is 25.9 Å². The fraction of sp³-hybridized carbons (Fsp3) is 1.00. The molecule has 0 aromatic carbocycles. The molecule has 0 aliphatic rings. The minimum atomic E-state index is -3.07. The minimum Gasteiger partial charge on any atom is -0.317 e. The molecule has 0 aromatic heterocycles. The molecule has 0 saturated heterocycles. The quantitative estimate of drug-likeness (QED) is 0.513. The van der Waals surface area contributed by atoms with Crippen molar-refractivity contribution in [3.05, 3.63) is 0 Å². The van der Waals surface area contributed by atoms with Gasteiger partial charge in [-0.2, -0.15) is 0 Å². The first-order valence-corrected chi connectivity index (χ1v) is 9.24. The molecule has 0 atom stereocenters. The lowest BCUT2D eigenvalue weighted by Crippen LogP contribution is -2.31. The lowest BCUT2D eigenvalue weighted by molar-refractivity contribution is 0.549. The summed E-state index contributed by atoms with van der Waals surface area (Å²) >= 11 is 0. The summed E-state index contributed by atoms with van der Waals surface area (Å²) in [5.41, 5.74) is 0. The van der Waals surface area contributed by atoms with Crippen molar-refractivity contribution in [2.24, 2.45) is 0 Å². The molecular weight excluding hydrogens is 260 g/mol. The largest absolute Gasteiger partial charge is 0.317 e. The summed E-state index contributed by atoms with van der Waals surface area (Å²) in [5.74, 6) is 0. The number of hydrogen-bond donors (Lipinski definition) is 2. The van der Waals surface area contributed by atoms with E-state index in [1.807, 2.05) is 0 Å². The van der Waals surface area contributed by atoms with Gasteiger partial charge in [0, 0.05) is 9.40 Å².